The summed E-state index contributed by atoms with van der Waals surface area (Å²) in [5.41, 5.74) is 7.51. The summed E-state index contributed by atoms with van der Waals surface area (Å²) in [6, 6.07) is 22.8. The highest BCUT2D eigenvalue weighted by atomic mass is 35.5. The van der Waals surface area contributed by atoms with Gasteiger partial charge in [-0.15, -0.1) is 0 Å². The van der Waals surface area contributed by atoms with E-state index >= 15 is 0 Å². The zero-order valence-corrected chi connectivity index (χ0v) is 40.8. The lowest BCUT2D eigenvalue weighted by Gasteiger charge is -2.40. The molecule has 3 aliphatic heterocycles. The van der Waals surface area contributed by atoms with E-state index in [1.807, 2.05) is 74.0 Å². The number of carbonyl (C=O) groups excluding carboxylic acids is 3. The minimum absolute atomic E-state index is 0.191. The number of hydrogen-bond donors (Lipinski definition) is 4. The molecule has 3 fully saturated rings. The third kappa shape index (κ3) is 11.1. The Kier molecular flexibility index (Phi) is 14.0. The van der Waals surface area contributed by atoms with Crippen LogP contribution in [0.15, 0.2) is 97.6 Å². The van der Waals surface area contributed by atoms with E-state index in [1.165, 1.54) is 6.20 Å². The number of methoxy groups -OCH3 is 1. The standard InChI is InChI=1S/C50H56ClN12O5P/c1-60-31-35(27-54-60)37-25-42(57-50-53-29-38(51)47(59-50)55-39-12-10-34(24-45(39)69(3,4)67)33-8-6-5-7-9-33)44(68-2)26-43(37)63-18-16-32(17-19-63)30-61-20-22-62(23-21-61)36-11-13-40(52-28-36)48(65)56-41-14-15-46(64)58-49(41)66/h5-13,24-29,31-32,41H,14-23,30H2,1-4H3,(H,56,65)(H,58,64,66)(H2,53,55,57,59). The van der Waals surface area contributed by atoms with Crippen LogP contribution in [0.4, 0.5) is 34.5 Å². The fourth-order valence-electron chi connectivity index (χ4n) is 9.23. The second-order valence-electron chi connectivity index (χ2n) is 18.2. The van der Waals surface area contributed by atoms with Crippen LogP contribution in [0, 0.1) is 5.92 Å². The van der Waals surface area contributed by atoms with Gasteiger partial charge in [-0.3, -0.25) is 29.3 Å². The van der Waals surface area contributed by atoms with Gasteiger partial charge in [0.05, 0.1) is 42.8 Å². The normalized spacial score (nSPS) is 17.1. The lowest BCUT2D eigenvalue weighted by atomic mass is 9.94. The van der Waals surface area contributed by atoms with Gasteiger partial charge in [0, 0.05) is 93.7 Å². The van der Waals surface area contributed by atoms with Gasteiger partial charge in [-0.2, -0.15) is 10.1 Å². The molecular formula is C50H56ClN12O5P. The van der Waals surface area contributed by atoms with Crippen molar-refractivity contribution in [1.29, 1.82) is 0 Å². The second kappa shape index (κ2) is 20.4. The molecule has 358 valence electrons. The number of benzene rings is 3. The Morgan fingerprint density at radius 2 is 1.62 bits per heavy atom. The molecule has 3 saturated heterocycles. The number of carbonyl (C=O) groups is 3. The van der Waals surface area contributed by atoms with Gasteiger partial charge in [0.1, 0.15) is 29.6 Å². The Bertz CT molecular complexity index is 2900. The van der Waals surface area contributed by atoms with E-state index in [9.17, 15) is 18.9 Å². The predicted molar refractivity (Wildman–Crippen MR) is 271 cm³/mol. The van der Waals surface area contributed by atoms with Gasteiger partial charge in [0.15, 0.2) is 5.82 Å². The zero-order chi connectivity index (χ0) is 48.2. The number of amides is 3. The van der Waals surface area contributed by atoms with Crippen LogP contribution in [-0.4, -0.2) is 120 Å². The fourth-order valence-corrected chi connectivity index (χ4v) is 10.5. The number of pyridine rings is 1. The monoisotopic (exact) mass is 970 g/mol. The fraction of sp³-hybridized carbons (Fsp3) is 0.340. The molecule has 4 N–H and O–H groups in total. The summed E-state index contributed by atoms with van der Waals surface area (Å²) in [5, 5.41) is 17.2. The molecule has 3 aromatic heterocycles. The number of halogens is 1. The first kappa shape index (κ1) is 47.3. The minimum Gasteiger partial charge on any atom is -0.494 e. The SMILES string of the molecule is COc1cc(N2CCC(CN3CCN(c4ccc(C(=O)NC5CCC(=O)NC5=O)nc4)CC3)CC2)c(-c2cnn(C)c2)cc1Nc1ncc(Cl)c(Nc2ccc(-c3ccccc3)cc2P(C)(C)=O)n1. The first-order valence-electron chi connectivity index (χ1n) is 23.1. The Hall–Kier alpha value is -6.81. The van der Waals surface area contributed by atoms with E-state index in [0.29, 0.717) is 45.1 Å². The van der Waals surface area contributed by atoms with E-state index in [2.05, 4.69) is 63.2 Å². The number of anilines is 6. The van der Waals surface area contributed by atoms with Crippen molar-refractivity contribution in [2.75, 3.05) is 86.7 Å². The maximum absolute atomic E-state index is 13.6. The Morgan fingerprint density at radius 1 is 0.841 bits per heavy atom. The first-order chi connectivity index (χ1) is 33.3. The smallest absolute Gasteiger partial charge is 0.270 e. The number of hydrogen-bond acceptors (Lipinski definition) is 14. The highest BCUT2D eigenvalue weighted by Gasteiger charge is 2.30. The second-order valence-corrected chi connectivity index (χ2v) is 21.7. The van der Waals surface area contributed by atoms with Crippen molar-refractivity contribution >= 4 is 76.3 Å². The largest absolute Gasteiger partial charge is 0.494 e. The van der Waals surface area contributed by atoms with Crippen molar-refractivity contribution in [2.24, 2.45) is 13.0 Å². The average Bonchev–Trinajstić information content (AvgIpc) is 3.79. The van der Waals surface area contributed by atoms with Crippen LogP contribution in [0.25, 0.3) is 22.3 Å². The topological polar surface area (TPSA) is 192 Å². The molecule has 3 aliphatic rings. The molecule has 3 amide bonds. The molecule has 0 aliphatic carbocycles. The van der Waals surface area contributed by atoms with Crippen molar-refractivity contribution in [3.8, 4) is 28.0 Å². The molecule has 3 aromatic carbocycles. The Morgan fingerprint density at radius 3 is 2.30 bits per heavy atom. The molecule has 0 radical (unpaired) electrons. The zero-order valence-electron chi connectivity index (χ0n) is 39.1. The summed E-state index contributed by atoms with van der Waals surface area (Å²) in [5.74, 6) is 0.582. The quantitative estimate of drug-likeness (QED) is 0.0651. The molecule has 17 nitrogen and oxygen atoms in total. The van der Waals surface area contributed by atoms with Crippen LogP contribution in [-0.2, 0) is 21.2 Å². The molecule has 9 rings (SSSR count). The Balaban J connectivity index is 0.839. The lowest BCUT2D eigenvalue weighted by Crippen LogP contribution is -2.52. The van der Waals surface area contributed by atoms with Crippen molar-refractivity contribution in [3.63, 3.8) is 0 Å². The molecule has 1 unspecified atom stereocenters. The number of aromatic nitrogens is 5. The van der Waals surface area contributed by atoms with Gasteiger partial charge in [-0.05, 0) is 80.0 Å². The minimum atomic E-state index is -2.73. The third-order valence-electron chi connectivity index (χ3n) is 13.0. The molecule has 0 spiro atoms. The van der Waals surface area contributed by atoms with Gasteiger partial charge in [-0.25, -0.2) is 9.97 Å². The van der Waals surface area contributed by atoms with E-state index < -0.39 is 25.0 Å². The first-order valence-corrected chi connectivity index (χ1v) is 26.1. The van der Waals surface area contributed by atoms with E-state index in [0.717, 1.165) is 92.3 Å². The summed E-state index contributed by atoms with van der Waals surface area (Å²) in [6.45, 7) is 9.84. The molecule has 0 bridgehead atoms. The molecular weight excluding hydrogens is 915 g/mol. The average molecular weight is 972 g/mol. The summed E-state index contributed by atoms with van der Waals surface area (Å²) in [4.78, 5) is 57.3. The summed E-state index contributed by atoms with van der Waals surface area (Å²) >= 11 is 6.69. The summed E-state index contributed by atoms with van der Waals surface area (Å²) in [6.07, 6.45) is 9.67. The van der Waals surface area contributed by atoms with Gasteiger partial charge < -0.3 is 35.1 Å². The molecule has 1 atom stereocenters. The van der Waals surface area contributed by atoms with Crippen LogP contribution in [0.5, 0.6) is 5.75 Å². The van der Waals surface area contributed by atoms with Crippen molar-refractivity contribution in [2.45, 2.75) is 31.7 Å². The van der Waals surface area contributed by atoms with Crippen molar-refractivity contribution < 1.29 is 23.7 Å². The van der Waals surface area contributed by atoms with Crippen molar-refractivity contribution in [1.82, 2.24) is 40.3 Å². The molecule has 6 heterocycles. The van der Waals surface area contributed by atoms with Crippen LogP contribution in [0.1, 0.15) is 36.2 Å². The predicted octanol–water partition coefficient (Wildman–Crippen LogP) is 6.91. The number of imide groups is 1. The Labute approximate surface area is 406 Å². The van der Waals surface area contributed by atoms with E-state index in [1.54, 1.807) is 37.4 Å². The number of piperidine rings is 2. The maximum atomic E-state index is 13.6. The molecule has 6 aromatic rings. The van der Waals surface area contributed by atoms with Crippen LogP contribution in [0.3, 0.4) is 0 Å². The number of ether oxygens (including phenoxy) is 1. The number of nitrogens with one attached hydrogen (secondary N) is 4. The molecule has 19 heteroatoms. The molecule has 0 saturated carbocycles. The van der Waals surface area contributed by atoms with Gasteiger partial charge in [-0.1, -0.05) is 48.0 Å². The third-order valence-corrected chi connectivity index (χ3v) is 14.8. The van der Waals surface area contributed by atoms with Crippen LogP contribution in [0.2, 0.25) is 5.02 Å². The van der Waals surface area contributed by atoms with Gasteiger partial charge in [0.25, 0.3) is 5.91 Å². The van der Waals surface area contributed by atoms with E-state index in [-0.39, 0.29) is 24.4 Å². The van der Waals surface area contributed by atoms with E-state index in [4.69, 9.17) is 21.3 Å². The highest BCUT2D eigenvalue weighted by molar-refractivity contribution is 7.70. The maximum Gasteiger partial charge on any atom is 0.270 e. The summed E-state index contributed by atoms with van der Waals surface area (Å²) < 4.78 is 21.4. The lowest BCUT2D eigenvalue weighted by molar-refractivity contribution is -0.134. The van der Waals surface area contributed by atoms with Crippen LogP contribution < -0.4 is 41.1 Å². The number of rotatable bonds is 14. The number of piperazine rings is 1. The molecule has 69 heavy (non-hydrogen) atoms. The highest BCUT2D eigenvalue weighted by Crippen LogP contribution is 2.43. The number of nitrogens with zero attached hydrogens (tertiary/aromatic N) is 8. The number of aryl methyl sites for hydroxylation is 1. The van der Waals surface area contributed by atoms with Gasteiger partial charge in [0.2, 0.25) is 17.8 Å². The van der Waals surface area contributed by atoms with Gasteiger partial charge >= 0.3 is 0 Å². The summed E-state index contributed by atoms with van der Waals surface area (Å²) in [7, 11) is 0.827. The van der Waals surface area contributed by atoms with Crippen molar-refractivity contribution in [3.05, 3.63) is 108 Å². The van der Waals surface area contributed by atoms with Crippen LogP contribution >= 0.6 is 18.7 Å².